The topological polar surface area (TPSA) is 110 Å². The molecular formula is C25H18ClNO6. The molecule has 3 aromatic rings. The molecule has 2 N–H and O–H groups in total. The number of anilines is 1. The summed E-state index contributed by atoms with van der Waals surface area (Å²) in [6.07, 6.45) is -1.31. The van der Waals surface area contributed by atoms with Gasteiger partial charge in [-0.3, -0.25) is 14.4 Å². The van der Waals surface area contributed by atoms with Crippen molar-refractivity contribution in [1.82, 2.24) is 0 Å². The summed E-state index contributed by atoms with van der Waals surface area (Å²) in [4.78, 5) is 52.0. The number of aryl methyl sites for hydroxylation is 1. The Balaban J connectivity index is 1.73. The highest BCUT2D eigenvalue weighted by Crippen LogP contribution is 2.39. The molecule has 1 amide bonds. The quantitative estimate of drug-likeness (QED) is 0.244. The summed E-state index contributed by atoms with van der Waals surface area (Å²) in [5, 5.41) is 13.1. The standard InChI is InChI=1S/C25H18ClNO6/c1-13-12-14(26)10-11-18(13)27-24(31)22(30)20(21(29)17-8-4-5-9-19(17)28)23-15-6-2-3-7-16(15)25(32)33-23/h2-12,20,23,28H,1H3,(H,27,31)/t20-,23+/m0/s1. The van der Waals surface area contributed by atoms with Crippen molar-refractivity contribution in [2.45, 2.75) is 13.0 Å². The van der Waals surface area contributed by atoms with E-state index in [-0.39, 0.29) is 16.9 Å². The molecule has 7 nitrogen and oxygen atoms in total. The van der Waals surface area contributed by atoms with Gasteiger partial charge in [0.15, 0.2) is 5.78 Å². The predicted molar refractivity (Wildman–Crippen MR) is 120 cm³/mol. The summed E-state index contributed by atoms with van der Waals surface area (Å²) >= 11 is 5.94. The highest BCUT2D eigenvalue weighted by Gasteiger charge is 2.46. The number of cyclic esters (lactones) is 1. The fourth-order valence-corrected chi connectivity index (χ4v) is 3.98. The third-order valence-electron chi connectivity index (χ3n) is 5.42. The fraction of sp³-hybridized carbons (Fsp3) is 0.120. The van der Waals surface area contributed by atoms with Crippen LogP contribution in [-0.4, -0.2) is 28.5 Å². The minimum Gasteiger partial charge on any atom is -0.507 e. The number of ether oxygens (including phenoxy) is 1. The smallest absolute Gasteiger partial charge is 0.339 e. The maximum Gasteiger partial charge on any atom is 0.339 e. The van der Waals surface area contributed by atoms with Gasteiger partial charge in [-0.15, -0.1) is 0 Å². The van der Waals surface area contributed by atoms with Gasteiger partial charge in [-0.25, -0.2) is 4.79 Å². The van der Waals surface area contributed by atoms with E-state index in [4.69, 9.17) is 16.3 Å². The van der Waals surface area contributed by atoms with Crippen molar-refractivity contribution in [1.29, 1.82) is 0 Å². The molecule has 0 unspecified atom stereocenters. The van der Waals surface area contributed by atoms with Crippen LogP contribution in [0.5, 0.6) is 5.75 Å². The van der Waals surface area contributed by atoms with Crippen molar-refractivity contribution in [3.63, 3.8) is 0 Å². The van der Waals surface area contributed by atoms with Crippen LogP contribution in [0.15, 0.2) is 66.7 Å². The number of esters is 1. The number of carbonyl (C=O) groups is 4. The first-order valence-corrected chi connectivity index (χ1v) is 10.4. The molecule has 8 heteroatoms. The van der Waals surface area contributed by atoms with Crippen LogP contribution in [0.3, 0.4) is 0 Å². The van der Waals surface area contributed by atoms with Crippen LogP contribution in [0.1, 0.15) is 37.9 Å². The molecule has 0 aromatic heterocycles. The first-order chi connectivity index (χ1) is 15.8. The minimum absolute atomic E-state index is 0.160. The minimum atomic E-state index is -1.70. The highest BCUT2D eigenvalue weighted by molar-refractivity contribution is 6.45. The number of phenols is 1. The Labute approximate surface area is 194 Å². The van der Waals surface area contributed by atoms with Crippen molar-refractivity contribution >= 4 is 40.7 Å². The Kier molecular flexibility index (Phi) is 5.98. The number of nitrogens with one attached hydrogen (secondary N) is 1. The molecular weight excluding hydrogens is 446 g/mol. The first kappa shape index (κ1) is 22.2. The molecule has 0 fully saturated rings. The average molecular weight is 464 g/mol. The number of phenolic OH excluding ortho intramolecular Hbond substituents is 1. The van der Waals surface area contributed by atoms with Crippen molar-refractivity contribution in [3.8, 4) is 5.75 Å². The van der Waals surface area contributed by atoms with E-state index in [1.54, 1.807) is 37.3 Å². The summed E-state index contributed by atoms with van der Waals surface area (Å²) in [6.45, 7) is 1.70. The van der Waals surface area contributed by atoms with Crippen molar-refractivity contribution in [2.75, 3.05) is 5.32 Å². The van der Waals surface area contributed by atoms with Crippen LogP contribution in [0, 0.1) is 12.8 Å². The zero-order valence-electron chi connectivity index (χ0n) is 17.4. The molecule has 166 valence electrons. The van der Waals surface area contributed by atoms with Gasteiger partial charge < -0.3 is 15.2 Å². The molecule has 0 saturated heterocycles. The van der Waals surface area contributed by atoms with E-state index in [9.17, 15) is 24.3 Å². The zero-order chi connectivity index (χ0) is 23.7. The monoisotopic (exact) mass is 463 g/mol. The van der Waals surface area contributed by atoms with Gasteiger partial charge in [0, 0.05) is 16.3 Å². The zero-order valence-corrected chi connectivity index (χ0v) is 18.1. The molecule has 0 saturated carbocycles. The Hall–Kier alpha value is -3.97. The van der Waals surface area contributed by atoms with Gasteiger partial charge in [-0.05, 0) is 48.9 Å². The normalized spacial score (nSPS) is 15.3. The largest absolute Gasteiger partial charge is 0.507 e. The number of hydrogen-bond donors (Lipinski definition) is 2. The van der Waals surface area contributed by atoms with E-state index in [0.29, 0.717) is 21.8 Å². The van der Waals surface area contributed by atoms with Crippen LogP contribution in [-0.2, 0) is 14.3 Å². The molecule has 0 spiro atoms. The number of rotatable bonds is 6. The maximum atomic E-state index is 13.4. The number of amides is 1. The summed E-state index contributed by atoms with van der Waals surface area (Å²) in [6, 6.07) is 16.7. The van der Waals surface area contributed by atoms with Gasteiger partial charge in [0.2, 0.25) is 5.78 Å². The van der Waals surface area contributed by atoms with Crippen LogP contribution < -0.4 is 5.32 Å². The van der Waals surface area contributed by atoms with Crippen LogP contribution in [0.25, 0.3) is 0 Å². The van der Waals surface area contributed by atoms with Gasteiger partial charge >= 0.3 is 5.97 Å². The second kappa shape index (κ2) is 8.88. The van der Waals surface area contributed by atoms with E-state index >= 15 is 0 Å². The Morgan fingerprint density at radius 2 is 1.73 bits per heavy atom. The number of fused-ring (bicyclic) bond motifs is 1. The molecule has 2 atom stereocenters. The summed E-state index contributed by atoms with van der Waals surface area (Å²) in [5.41, 5.74) is 1.33. The summed E-state index contributed by atoms with van der Waals surface area (Å²) in [5.74, 6) is -5.75. The number of hydrogen-bond acceptors (Lipinski definition) is 6. The van der Waals surface area contributed by atoms with E-state index in [1.807, 2.05) is 0 Å². The van der Waals surface area contributed by atoms with Crippen molar-refractivity contribution in [3.05, 3.63) is 94.0 Å². The lowest BCUT2D eigenvalue weighted by Crippen LogP contribution is -2.38. The number of halogens is 1. The number of para-hydroxylation sites is 1. The molecule has 1 heterocycles. The second-order valence-corrected chi connectivity index (χ2v) is 7.99. The molecule has 1 aliphatic heterocycles. The number of benzene rings is 3. The fourth-order valence-electron chi connectivity index (χ4n) is 3.76. The number of Topliss-reactive ketones (excluding diaryl/α,β-unsaturated/α-hetero) is 2. The Bertz CT molecular complexity index is 1300. The van der Waals surface area contributed by atoms with Crippen molar-refractivity contribution < 1.29 is 29.0 Å². The lowest BCUT2D eigenvalue weighted by atomic mass is 9.84. The van der Waals surface area contributed by atoms with Gasteiger partial charge in [-0.2, -0.15) is 0 Å². The Morgan fingerprint density at radius 3 is 2.45 bits per heavy atom. The summed E-state index contributed by atoms with van der Waals surface area (Å²) < 4.78 is 5.38. The van der Waals surface area contributed by atoms with Gasteiger partial charge in [0.25, 0.3) is 5.91 Å². The van der Waals surface area contributed by atoms with E-state index in [0.717, 1.165) is 0 Å². The predicted octanol–water partition coefficient (Wildman–Crippen LogP) is 4.27. The molecule has 4 rings (SSSR count). The van der Waals surface area contributed by atoms with Gasteiger partial charge in [-0.1, -0.05) is 41.9 Å². The molecule has 1 aliphatic rings. The highest BCUT2D eigenvalue weighted by atomic mass is 35.5. The number of carbonyl (C=O) groups excluding carboxylic acids is 4. The third kappa shape index (κ3) is 4.23. The molecule has 0 bridgehead atoms. The second-order valence-electron chi connectivity index (χ2n) is 7.55. The Morgan fingerprint density at radius 1 is 1.03 bits per heavy atom. The molecule has 0 aliphatic carbocycles. The summed E-state index contributed by atoms with van der Waals surface area (Å²) in [7, 11) is 0. The van der Waals surface area contributed by atoms with E-state index in [2.05, 4.69) is 5.32 Å². The van der Waals surface area contributed by atoms with Crippen LogP contribution in [0.2, 0.25) is 5.02 Å². The molecule has 33 heavy (non-hydrogen) atoms. The molecule has 3 aromatic carbocycles. The lowest BCUT2D eigenvalue weighted by Gasteiger charge is -2.21. The average Bonchev–Trinajstić information content (AvgIpc) is 3.12. The maximum absolute atomic E-state index is 13.4. The third-order valence-corrected chi connectivity index (χ3v) is 5.65. The van der Waals surface area contributed by atoms with Crippen LogP contribution in [0.4, 0.5) is 5.69 Å². The van der Waals surface area contributed by atoms with Crippen LogP contribution >= 0.6 is 11.6 Å². The number of aromatic hydroxyl groups is 1. The molecule has 0 radical (unpaired) electrons. The van der Waals surface area contributed by atoms with Gasteiger partial charge in [0.05, 0.1) is 11.1 Å². The van der Waals surface area contributed by atoms with Crippen molar-refractivity contribution in [2.24, 2.45) is 5.92 Å². The number of ketones is 2. The first-order valence-electron chi connectivity index (χ1n) is 10.0. The van der Waals surface area contributed by atoms with E-state index < -0.39 is 35.5 Å². The van der Waals surface area contributed by atoms with Gasteiger partial charge in [0.1, 0.15) is 17.8 Å². The van der Waals surface area contributed by atoms with E-state index in [1.165, 1.54) is 36.4 Å². The lowest BCUT2D eigenvalue weighted by molar-refractivity contribution is -0.138. The SMILES string of the molecule is Cc1cc(Cl)ccc1NC(=O)C(=O)[C@H](C(=O)c1ccccc1O)[C@@H]1OC(=O)c2ccccc21.